The molecule has 0 radical (unpaired) electrons. The van der Waals surface area contributed by atoms with E-state index in [0.717, 1.165) is 93.3 Å². The van der Waals surface area contributed by atoms with Crippen LogP contribution < -0.4 is 10.5 Å². The number of fused-ring (bicyclic) bond motifs is 2. The molecule has 8 heteroatoms. The lowest BCUT2D eigenvalue weighted by atomic mass is 10.1. The first-order valence-corrected chi connectivity index (χ1v) is 10.3. The number of nitrogens with zero attached hydrogens (tertiary/aromatic N) is 6. The SMILES string of the molecule is O=c1cc2c(nn1CCN1CCN(c3ncnc4c3COCC4)CC1)CCC2. The lowest BCUT2D eigenvalue weighted by Gasteiger charge is -2.36. The van der Waals surface area contributed by atoms with Gasteiger partial charge >= 0.3 is 0 Å². The minimum Gasteiger partial charge on any atom is -0.376 e. The highest BCUT2D eigenvalue weighted by molar-refractivity contribution is 5.49. The maximum absolute atomic E-state index is 12.3. The number of hydrogen-bond acceptors (Lipinski definition) is 7. The molecule has 1 aliphatic carbocycles. The summed E-state index contributed by atoms with van der Waals surface area (Å²) in [6, 6.07) is 1.79. The van der Waals surface area contributed by atoms with Crippen molar-refractivity contribution in [2.75, 3.05) is 44.2 Å². The van der Waals surface area contributed by atoms with E-state index in [1.807, 2.05) is 0 Å². The summed E-state index contributed by atoms with van der Waals surface area (Å²) in [4.78, 5) is 26.0. The molecule has 0 spiro atoms. The third kappa shape index (κ3) is 3.42. The van der Waals surface area contributed by atoms with Gasteiger partial charge < -0.3 is 9.64 Å². The van der Waals surface area contributed by atoms with Gasteiger partial charge in [0.25, 0.3) is 5.56 Å². The Balaban J connectivity index is 1.20. The molecule has 28 heavy (non-hydrogen) atoms. The molecule has 0 unspecified atom stereocenters. The zero-order valence-corrected chi connectivity index (χ0v) is 16.1. The maximum atomic E-state index is 12.3. The van der Waals surface area contributed by atoms with Crippen molar-refractivity contribution in [2.24, 2.45) is 0 Å². The minimum absolute atomic E-state index is 0.0342. The lowest BCUT2D eigenvalue weighted by molar-refractivity contribution is 0.109. The highest BCUT2D eigenvalue weighted by Gasteiger charge is 2.24. The molecule has 2 aromatic heterocycles. The maximum Gasteiger partial charge on any atom is 0.267 e. The normalized spacial score (nSPS) is 19.5. The Hall–Kier alpha value is -2.32. The van der Waals surface area contributed by atoms with E-state index in [9.17, 15) is 4.79 Å². The summed E-state index contributed by atoms with van der Waals surface area (Å²) in [6.07, 6.45) is 5.66. The molecule has 1 fully saturated rings. The topological polar surface area (TPSA) is 76.4 Å². The fourth-order valence-electron chi connectivity index (χ4n) is 4.44. The lowest BCUT2D eigenvalue weighted by Crippen LogP contribution is -2.48. The first kappa shape index (κ1) is 17.8. The number of piperazine rings is 1. The van der Waals surface area contributed by atoms with E-state index in [1.165, 1.54) is 0 Å². The quantitative estimate of drug-likeness (QED) is 0.758. The molecule has 0 aromatic carbocycles. The van der Waals surface area contributed by atoms with Crippen molar-refractivity contribution in [3.05, 3.63) is 45.3 Å². The van der Waals surface area contributed by atoms with Crippen molar-refractivity contribution in [1.82, 2.24) is 24.6 Å². The van der Waals surface area contributed by atoms with Crippen LogP contribution in [0.15, 0.2) is 17.2 Å². The van der Waals surface area contributed by atoms with Gasteiger partial charge in [-0.15, -0.1) is 0 Å². The molecule has 8 nitrogen and oxygen atoms in total. The monoisotopic (exact) mass is 382 g/mol. The molecule has 5 rings (SSSR count). The average molecular weight is 382 g/mol. The predicted molar refractivity (Wildman–Crippen MR) is 105 cm³/mol. The van der Waals surface area contributed by atoms with Crippen LogP contribution in [0.2, 0.25) is 0 Å². The van der Waals surface area contributed by atoms with Gasteiger partial charge in [0, 0.05) is 50.8 Å². The Morgan fingerprint density at radius 3 is 2.79 bits per heavy atom. The number of aryl methyl sites for hydroxylation is 2. The summed E-state index contributed by atoms with van der Waals surface area (Å²) in [6.45, 7) is 6.63. The van der Waals surface area contributed by atoms with Crippen LogP contribution in [-0.4, -0.2) is 64.0 Å². The van der Waals surface area contributed by atoms with E-state index >= 15 is 0 Å². The Kier molecular flexibility index (Phi) is 4.82. The summed E-state index contributed by atoms with van der Waals surface area (Å²) < 4.78 is 7.27. The Labute approximate surface area is 164 Å². The summed E-state index contributed by atoms with van der Waals surface area (Å²) in [5.41, 5.74) is 4.57. The van der Waals surface area contributed by atoms with E-state index < -0.39 is 0 Å². The average Bonchev–Trinajstić information content (AvgIpc) is 3.19. The van der Waals surface area contributed by atoms with Crippen LogP contribution in [0.4, 0.5) is 5.82 Å². The van der Waals surface area contributed by atoms with E-state index in [-0.39, 0.29) is 5.56 Å². The van der Waals surface area contributed by atoms with Crippen molar-refractivity contribution in [3.8, 4) is 0 Å². The molecule has 0 N–H and O–H groups in total. The van der Waals surface area contributed by atoms with Crippen molar-refractivity contribution in [1.29, 1.82) is 0 Å². The van der Waals surface area contributed by atoms with Gasteiger partial charge in [-0.2, -0.15) is 5.10 Å². The zero-order chi connectivity index (χ0) is 18.9. The summed E-state index contributed by atoms with van der Waals surface area (Å²) in [5, 5.41) is 4.58. The molecule has 3 aliphatic rings. The number of hydrogen-bond donors (Lipinski definition) is 0. The standard InChI is InChI=1S/C20H26N6O2/c27-19-12-15-2-1-3-17(15)23-26(19)10-7-24-5-8-25(9-6-24)20-16-13-28-11-4-18(16)21-14-22-20/h12,14H,1-11,13H2. The second-order valence-corrected chi connectivity index (χ2v) is 7.79. The molecule has 0 atom stereocenters. The highest BCUT2D eigenvalue weighted by atomic mass is 16.5. The first-order valence-electron chi connectivity index (χ1n) is 10.3. The number of aromatic nitrogens is 4. The Morgan fingerprint density at radius 2 is 1.89 bits per heavy atom. The van der Waals surface area contributed by atoms with Crippen LogP contribution >= 0.6 is 0 Å². The molecule has 0 bridgehead atoms. The molecule has 148 valence electrons. The van der Waals surface area contributed by atoms with Crippen LogP contribution in [0.25, 0.3) is 0 Å². The van der Waals surface area contributed by atoms with Gasteiger partial charge in [-0.1, -0.05) is 0 Å². The number of ether oxygens (including phenoxy) is 1. The third-order valence-electron chi connectivity index (χ3n) is 6.07. The van der Waals surface area contributed by atoms with Gasteiger partial charge in [0.1, 0.15) is 12.1 Å². The van der Waals surface area contributed by atoms with E-state index in [4.69, 9.17) is 4.74 Å². The Bertz CT molecular complexity index is 919. The van der Waals surface area contributed by atoms with Crippen molar-refractivity contribution in [2.45, 2.75) is 38.8 Å². The molecular formula is C20H26N6O2. The minimum atomic E-state index is 0.0342. The molecule has 2 aliphatic heterocycles. The number of anilines is 1. The summed E-state index contributed by atoms with van der Waals surface area (Å²) in [7, 11) is 0. The van der Waals surface area contributed by atoms with Crippen molar-refractivity contribution < 1.29 is 4.74 Å². The van der Waals surface area contributed by atoms with Crippen LogP contribution in [0.1, 0.15) is 28.9 Å². The Morgan fingerprint density at radius 1 is 1.00 bits per heavy atom. The third-order valence-corrected chi connectivity index (χ3v) is 6.07. The van der Waals surface area contributed by atoms with Gasteiger partial charge in [-0.3, -0.25) is 9.69 Å². The summed E-state index contributed by atoms with van der Waals surface area (Å²) in [5.74, 6) is 1.03. The molecule has 4 heterocycles. The second kappa shape index (κ2) is 7.60. The smallest absolute Gasteiger partial charge is 0.267 e. The highest BCUT2D eigenvalue weighted by Crippen LogP contribution is 2.25. The molecule has 0 amide bonds. The first-order chi connectivity index (χ1) is 13.8. The van der Waals surface area contributed by atoms with E-state index in [0.29, 0.717) is 13.2 Å². The molecule has 1 saturated heterocycles. The van der Waals surface area contributed by atoms with E-state index in [1.54, 1.807) is 17.1 Å². The fourth-order valence-corrected chi connectivity index (χ4v) is 4.44. The van der Waals surface area contributed by atoms with E-state index in [2.05, 4.69) is 24.9 Å². The molecular weight excluding hydrogens is 356 g/mol. The zero-order valence-electron chi connectivity index (χ0n) is 16.1. The van der Waals surface area contributed by atoms with Gasteiger partial charge in [0.05, 0.1) is 31.1 Å². The predicted octanol–water partition coefficient (Wildman–Crippen LogP) is 0.417. The number of rotatable bonds is 4. The van der Waals surface area contributed by atoms with Gasteiger partial charge in [-0.05, 0) is 24.8 Å². The van der Waals surface area contributed by atoms with Gasteiger partial charge in [-0.25, -0.2) is 14.6 Å². The molecule has 0 saturated carbocycles. The molecule has 2 aromatic rings. The van der Waals surface area contributed by atoms with Crippen LogP contribution in [-0.2, 0) is 37.2 Å². The largest absolute Gasteiger partial charge is 0.376 e. The van der Waals surface area contributed by atoms with Gasteiger partial charge in [0.2, 0.25) is 0 Å². The van der Waals surface area contributed by atoms with Gasteiger partial charge in [0.15, 0.2) is 0 Å². The van der Waals surface area contributed by atoms with Crippen LogP contribution in [0, 0.1) is 0 Å². The van der Waals surface area contributed by atoms with Crippen molar-refractivity contribution in [3.63, 3.8) is 0 Å². The second-order valence-electron chi connectivity index (χ2n) is 7.79. The van der Waals surface area contributed by atoms with Crippen LogP contribution in [0.5, 0.6) is 0 Å². The van der Waals surface area contributed by atoms with Crippen LogP contribution in [0.3, 0.4) is 0 Å². The van der Waals surface area contributed by atoms with Crippen molar-refractivity contribution >= 4 is 5.82 Å². The summed E-state index contributed by atoms with van der Waals surface area (Å²) >= 11 is 0. The fraction of sp³-hybridized carbons (Fsp3) is 0.600.